The van der Waals surface area contributed by atoms with Gasteiger partial charge in [0.05, 0.1) is 23.8 Å². The van der Waals surface area contributed by atoms with E-state index in [1.165, 1.54) is 82.4 Å². The summed E-state index contributed by atoms with van der Waals surface area (Å²) < 4.78 is 4.19. The molecule has 10 heterocycles. The minimum atomic E-state index is -0.00831. The van der Waals surface area contributed by atoms with E-state index in [9.17, 15) is 9.59 Å². The van der Waals surface area contributed by atoms with E-state index in [4.69, 9.17) is 22.3 Å². The molecule has 2 atom stereocenters. The number of hydrogen-bond acceptors (Lipinski definition) is 14. The van der Waals surface area contributed by atoms with Crippen molar-refractivity contribution in [2.24, 2.45) is 0 Å². The smallest absolute Gasteiger partial charge is 0.270 e. The Balaban J connectivity index is 0.000000136. The standard InChI is InChI=1S/C26H34N8O.C14H17ClN4O.C12H18N4/c1-31(2)25(35)22-14-18-15-28-26(30-24(18)34(22)19-6-3-4-7-19)29-23-10-9-20(16-27-23)33-13-12-32-11-5-8-21(32)17-33;1-18(2)13(20)11-7-9-8-16-14(15)17-12(9)19(11)10-5-3-4-6-10;13-12-4-3-10(8-14-12)16-7-6-15-5-1-2-11(15)9-16/h9-10,14-16,19,21H,3-8,11-13,17H2,1-2H3,(H,27,28,29,30);7-8,10H,3-6H2,1-2H3;3-4,8,11H,1-2,5-7,9H2,(H2,13,14). The summed E-state index contributed by atoms with van der Waals surface area (Å²) in [5, 5.41) is 5.25. The first-order valence-corrected chi connectivity index (χ1v) is 26.1. The van der Waals surface area contributed by atoms with Crippen molar-refractivity contribution >= 4 is 74.4 Å². The van der Waals surface area contributed by atoms with Crippen LogP contribution in [-0.2, 0) is 0 Å². The van der Waals surface area contributed by atoms with E-state index in [2.05, 4.69) is 71.1 Å². The molecule has 0 aromatic carbocycles. The number of nitrogens with zero attached hydrogens (tertiary/aromatic N) is 14. The minimum absolute atomic E-state index is 0.0000944. The van der Waals surface area contributed by atoms with Gasteiger partial charge in [-0.25, -0.2) is 19.9 Å². The second-order valence-electron chi connectivity index (χ2n) is 20.5. The van der Waals surface area contributed by atoms with Gasteiger partial charge in [-0.3, -0.25) is 19.4 Å². The zero-order valence-corrected chi connectivity index (χ0v) is 42.5. The van der Waals surface area contributed by atoms with Gasteiger partial charge in [-0.1, -0.05) is 25.7 Å². The molecule has 2 aliphatic carbocycles. The van der Waals surface area contributed by atoms with E-state index in [1.807, 2.05) is 36.7 Å². The number of halogens is 1. The lowest BCUT2D eigenvalue weighted by atomic mass is 10.1. The Kier molecular flexibility index (Phi) is 14.6. The SMILES string of the molecule is CN(C)C(=O)c1cc2cnc(Cl)nc2n1C1CCCC1.CN(C)C(=O)c1cc2cnc(Nc3ccc(N4CCN5CCCC5C4)cn3)nc2n1C1CCCC1.Nc1ccc(N2CCN3CCCC3C2)cn1. The number of aromatic nitrogens is 8. The third kappa shape index (κ3) is 10.6. The lowest BCUT2D eigenvalue weighted by molar-refractivity contribution is 0.0808. The van der Waals surface area contributed by atoms with E-state index in [1.54, 1.807) is 50.4 Å². The molecule has 12 rings (SSSR count). The Labute approximate surface area is 421 Å². The van der Waals surface area contributed by atoms with Crippen LogP contribution >= 0.6 is 11.6 Å². The van der Waals surface area contributed by atoms with Crippen molar-refractivity contribution in [3.05, 3.63) is 77.9 Å². The molecule has 4 saturated heterocycles. The normalized spacial score (nSPS) is 20.6. The molecular weight excluding hydrogens is 916 g/mol. The molecule has 6 aliphatic rings. The average molecular weight is 986 g/mol. The number of nitrogen functional groups attached to an aromatic ring is 1. The topological polar surface area (TPSA) is 179 Å². The van der Waals surface area contributed by atoms with Crippen LogP contribution in [0.5, 0.6) is 0 Å². The number of amides is 2. The predicted molar refractivity (Wildman–Crippen MR) is 281 cm³/mol. The summed E-state index contributed by atoms with van der Waals surface area (Å²) in [5.41, 5.74) is 10.9. The van der Waals surface area contributed by atoms with Gasteiger partial charge in [0, 0.05) is 115 Å². The zero-order chi connectivity index (χ0) is 49.2. The highest BCUT2D eigenvalue weighted by molar-refractivity contribution is 6.28. The first-order valence-electron chi connectivity index (χ1n) is 25.7. The van der Waals surface area contributed by atoms with Gasteiger partial charge in [-0.2, -0.15) is 9.97 Å². The number of piperazine rings is 2. The first-order chi connectivity index (χ1) is 34.5. The van der Waals surface area contributed by atoms with E-state index >= 15 is 0 Å². The molecule has 376 valence electrons. The summed E-state index contributed by atoms with van der Waals surface area (Å²) in [4.78, 5) is 65.2. The number of pyridine rings is 2. The van der Waals surface area contributed by atoms with Gasteiger partial charge in [-0.15, -0.1) is 0 Å². The number of fused-ring (bicyclic) bond motifs is 4. The van der Waals surface area contributed by atoms with Crippen LogP contribution in [0, 0.1) is 0 Å². The fourth-order valence-electron chi connectivity index (χ4n) is 11.7. The molecule has 4 aliphatic heterocycles. The van der Waals surface area contributed by atoms with Gasteiger partial charge in [0.15, 0.2) is 0 Å². The number of hydrogen-bond donors (Lipinski definition) is 2. The highest BCUT2D eigenvalue weighted by atomic mass is 35.5. The van der Waals surface area contributed by atoms with Crippen molar-refractivity contribution in [1.82, 2.24) is 58.6 Å². The number of anilines is 5. The number of carbonyl (C=O) groups is 2. The number of nitrogens with one attached hydrogen (secondary N) is 1. The molecule has 2 saturated carbocycles. The quantitative estimate of drug-likeness (QED) is 0.143. The predicted octanol–water partition coefficient (Wildman–Crippen LogP) is 7.52. The van der Waals surface area contributed by atoms with Crippen molar-refractivity contribution in [1.29, 1.82) is 0 Å². The maximum atomic E-state index is 12.9. The second kappa shape index (κ2) is 21.3. The lowest BCUT2D eigenvalue weighted by Gasteiger charge is -2.38. The first kappa shape index (κ1) is 48.5. The van der Waals surface area contributed by atoms with Crippen LogP contribution in [0.2, 0.25) is 5.28 Å². The molecule has 71 heavy (non-hydrogen) atoms. The summed E-state index contributed by atoms with van der Waals surface area (Å²) in [6, 6.07) is 14.0. The van der Waals surface area contributed by atoms with Gasteiger partial charge in [0.2, 0.25) is 11.2 Å². The maximum absolute atomic E-state index is 12.9. The van der Waals surface area contributed by atoms with Gasteiger partial charge < -0.3 is 39.8 Å². The molecule has 3 N–H and O–H groups in total. The van der Waals surface area contributed by atoms with Gasteiger partial charge in [0.1, 0.15) is 34.3 Å². The van der Waals surface area contributed by atoms with Crippen molar-refractivity contribution < 1.29 is 9.59 Å². The van der Waals surface area contributed by atoms with Crippen LogP contribution in [0.1, 0.15) is 110 Å². The largest absolute Gasteiger partial charge is 0.384 e. The Morgan fingerprint density at radius 1 is 0.577 bits per heavy atom. The van der Waals surface area contributed by atoms with Crippen LogP contribution in [0.3, 0.4) is 0 Å². The van der Waals surface area contributed by atoms with Gasteiger partial charge in [-0.05, 0) is 112 Å². The van der Waals surface area contributed by atoms with Crippen molar-refractivity contribution in [3.63, 3.8) is 0 Å². The Morgan fingerprint density at radius 3 is 1.56 bits per heavy atom. The highest BCUT2D eigenvalue weighted by Gasteiger charge is 2.33. The van der Waals surface area contributed by atoms with Crippen LogP contribution < -0.4 is 20.9 Å². The molecule has 2 unspecified atom stereocenters. The fraction of sp³-hybridized carbons (Fsp3) is 0.538. The van der Waals surface area contributed by atoms with Crippen LogP contribution in [-0.4, -0.2) is 163 Å². The van der Waals surface area contributed by atoms with Crippen molar-refractivity contribution in [2.45, 2.75) is 101 Å². The fourth-order valence-corrected chi connectivity index (χ4v) is 11.8. The monoisotopic (exact) mass is 985 g/mol. The summed E-state index contributed by atoms with van der Waals surface area (Å²) in [6.07, 6.45) is 21.7. The number of carbonyl (C=O) groups excluding carboxylic acids is 2. The third-order valence-corrected chi connectivity index (χ3v) is 15.6. The summed E-state index contributed by atoms with van der Waals surface area (Å²) in [6.45, 7) is 9.26. The molecule has 0 bridgehead atoms. The van der Waals surface area contributed by atoms with E-state index in [-0.39, 0.29) is 17.1 Å². The Morgan fingerprint density at radius 2 is 1.07 bits per heavy atom. The van der Waals surface area contributed by atoms with Crippen molar-refractivity contribution in [2.75, 3.05) is 101 Å². The van der Waals surface area contributed by atoms with E-state index in [0.29, 0.717) is 41.3 Å². The molecule has 19 heteroatoms. The second-order valence-corrected chi connectivity index (χ2v) is 20.8. The summed E-state index contributed by atoms with van der Waals surface area (Å²) >= 11 is 5.92. The molecule has 0 spiro atoms. The maximum Gasteiger partial charge on any atom is 0.270 e. The number of nitrogens with two attached hydrogens (primary N) is 1. The van der Waals surface area contributed by atoms with Crippen LogP contribution in [0.4, 0.5) is 29.0 Å². The number of rotatable bonds is 8. The van der Waals surface area contributed by atoms with E-state index in [0.717, 1.165) is 92.3 Å². The minimum Gasteiger partial charge on any atom is -0.384 e. The van der Waals surface area contributed by atoms with Crippen LogP contribution in [0.25, 0.3) is 22.1 Å². The summed E-state index contributed by atoms with van der Waals surface area (Å²) in [7, 11) is 7.11. The molecular formula is C52H69ClN16O2. The third-order valence-electron chi connectivity index (χ3n) is 15.4. The van der Waals surface area contributed by atoms with E-state index < -0.39 is 0 Å². The molecule has 0 radical (unpaired) electrons. The molecule has 6 aromatic heterocycles. The summed E-state index contributed by atoms with van der Waals surface area (Å²) in [5.74, 6) is 1.81. The van der Waals surface area contributed by atoms with Crippen LogP contribution in [0.15, 0.2) is 61.2 Å². The van der Waals surface area contributed by atoms with Gasteiger partial charge in [0.25, 0.3) is 11.8 Å². The Hall–Kier alpha value is -6.11. The lowest BCUT2D eigenvalue weighted by Crippen LogP contribution is -2.50. The zero-order valence-electron chi connectivity index (χ0n) is 41.8. The molecule has 6 fully saturated rings. The highest BCUT2D eigenvalue weighted by Crippen LogP contribution is 2.37. The van der Waals surface area contributed by atoms with Gasteiger partial charge >= 0.3 is 0 Å². The Bertz CT molecular complexity index is 2800. The van der Waals surface area contributed by atoms with Crippen molar-refractivity contribution in [3.8, 4) is 0 Å². The molecule has 18 nitrogen and oxygen atoms in total. The average Bonchev–Trinajstić information content (AvgIpc) is 4.25. The molecule has 6 aromatic rings. The molecule has 2 amide bonds.